The number of hydrogen-bond acceptors (Lipinski definition) is 5. The smallest absolute Gasteiger partial charge is 0.146 e. The average Bonchev–Trinajstić information content (AvgIpc) is 3.09. The molecule has 0 unspecified atom stereocenters. The quantitative estimate of drug-likeness (QED) is 0.563. The maximum absolute atomic E-state index is 10.6. The van der Waals surface area contributed by atoms with Crippen LogP contribution < -0.4 is 0 Å². The predicted octanol–water partition coefficient (Wildman–Crippen LogP) is 4.28. The van der Waals surface area contributed by atoms with E-state index in [1.165, 1.54) is 0 Å². The monoisotopic (exact) mass is 338 g/mol. The maximum atomic E-state index is 10.6. The zero-order chi connectivity index (χ0) is 17.2. The summed E-state index contributed by atoms with van der Waals surface area (Å²) in [4.78, 5) is 6.06. The average molecular weight is 338 g/mol. The topological polar surface area (TPSA) is 63.8 Å². The van der Waals surface area contributed by atoms with Crippen LogP contribution in [0.25, 0.3) is 26.9 Å². The van der Waals surface area contributed by atoms with Crippen LogP contribution in [0.3, 0.4) is 0 Å². The van der Waals surface area contributed by atoms with Gasteiger partial charge in [-0.1, -0.05) is 0 Å². The second kappa shape index (κ2) is 5.01. The zero-order valence-electron chi connectivity index (χ0n) is 14.3. The highest BCUT2D eigenvalue weighted by atomic mass is 32.1. The third-order valence-corrected chi connectivity index (χ3v) is 5.75. The Kier molecular flexibility index (Phi) is 3.15. The lowest BCUT2D eigenvalue weighted by Crippen LogP contribution is -2.06. The van der Waals surface area contributed by atoms with Gasteiger partial charge < -0.3 is 5.11 Å². The first-order chi connectivity index (χ1) is 11.4. The largest absolute Gasteiger partial charge is 0.505 e. The Hall–Kier alpha value is -2.47. The minimum absolute atomic E-state index is 0.242. The summed E-state index contributed by atoms with van der Waals surface area (Å²) in [5, 5.41) is 20.9. The van der Waals surface area contributed by atoms with Crippen LogP contribution in [0.1, 0.15) is 27.3 Å². The molecule has 0 atom stereocenters. The van der Waals surface area contributed by atoms with Gasteiger partial charge in [0.1, 0.15) is 22.5 Å². The van der Waals surface area contributed by atoms with Crippen molar-refractivity contribution in [3.05, 3.63) is 39.4 Å². The van der Waals surface area contributed by atoms with Crippen LogP contribution in [-0.4, -0.2) is 25.1 Å². The minimum Gasteiger partial charge on any atom is -0.505 e. The van der Waals surface area contributed by atoms with Crippen molar-refractivity contribution in [2.75, 3.05) is 0 Å². The zero-order valence-corrected chi connectivity index (χ0v) is 15.1. The summed E-state index contributed by atoms with van der Waals surface area (Å²) >= 11 is 1.65. The van der Waals surface area contributed by atoms with Crippen molar-refractivity contribution in [1.29, 1.82) is 0 Å². The van der Waals surface area contributed by atoms with Crippen molar-refractivity contribution in [2.24, 2.45) is 0 Å². The number of thiazole rings is 1. The molecule has 122 valence electrons. The Bertz CT molecular complexity index is 1040. The van der Waals surface area contributed by atoms with Crippen LogP contribution in [0, 0.1) is 34.6 Å². The number of aromatic nitrogens is 4. The second-order valence-corrected chi connectivity index (χ2v) is 7.46. The number of aromatic hydroxyl groups is 1. The lowest BCUT2D eigenvalue weighted by molar-refractivity contribution is 0.462. The molecule has 0 saturated carbocycles. The Balaban J connectivity index is 2.00. The van der Waals surface area contributed by atoms with E-state index in [9.17, 15) is 5.11 Å². The summed E-state index contributed by atoms with van der Waals surface area (Å²) in [5.74, 6) is 0.242. The third-order valence-electron chi connectivity index (χ3n) is 4.82. The molecule has 1 N–H and O–H groups in total. The van der Waals surface area contributed by atoms with Crippen molar-refractivity contribution in [3.8, 4) is 11.4 Å². The normalized spacial score (nSPS) is 11.7. The van der Waals surface area contributed by atoms with Crippen LogP contribution in [0.2, 0.25) is 0 Å². The summed E-state index contributed by atoms with van der Waals surface area (Å²) in [5.41, 5.74) is 7.29. The van der Waals surface area contributed by atoms with Gasteiger partial charge in [0.05, 0.1) is 15.2 Å². The molecule has 4 rings (SSSR count). The van der Waals surface area contributed by atoms with E-state index in [1.807, 2.05) is 39.8 Å². The highest BCUT2D eigenvalue weighted by Crippen LogP contribution is 2.34. The molecule has 0 aliphatic heterocycles. The Morgan fingerprint density at radius 3 is 2.17 bits per heavy atom. The van der Waals surface area contributed by atoms with Crippen molar-refractivity contribution < 1.29 is 5.11 Å². The van der Waals surface area contributed by atoms with Crippen LogP contribution in [0.15, 0.2) is 12.1 Å². The molecule has 0 aliphatic rings. The van der Waals surface area contributed by atoms with Crippen LogP contribution >= 0.6 is 11.3 Å². The molecular weight excluding hydrogens is 320 g/mol. The summed E-state index contributed by atoms with van der Waals surface area (Å²) in [6.07, 6.45) is 0. The van der Waals surface area contributed by atoms with Crippen LogP contribution in [-0.2, 0) is 0 Å². The van der Waals surface area contributed by atoms with E-state index in [0.717, 1.165) is 48.5 Å². The highest BCUT2D eigenvalue weighted by molar-refractivity contribution is 7.18. The molecule has 2 aromatic heterocycles. The van der Waals surface area contributed by atoms with Gasteiger partial charge in [-0.05, 0) is 69.0 Å². The van der Waals surface area contributed by atoms with Gasteiger partial charge in [-0.25, -0.2) is 4.98 Å². The molecule has 0 saturated heterocycles. The van der Waals surface area contributed by atoms with Crippen LogP contribution in [0.5, 0.6) is 5.75 Å². The number of nitrogens with zero attached hydrogens (tertiary/aromatic N) is 4. The fraction of sp³-hybridized carbons (Fsp3) is 0.278. The third kappa shape index (κ3) is 2.03. The Morgan fingerprint density at radius 1 is 0.833 bits per heavy atom. The fourth-order valence-corrected chi connectivity index (χ4v) is 3.91. The first-order valence-corrected chi connectivity index (χ1v) is 8.62. The van der Waals surface area contributed by atoms with Gasteiger partial charge in [0.25, 0.3) is 0 Å². The molecule has 2 aromatic carbocycles. The lowest BCUT2D eigenvalue weighted by atomic mass is 9.97. The number of benzene rings is 2. The predicted molar refractivity (Wildman–Crippen MR) is 97.4 cm³/mol. The van der Waals surface area contributed by atoms with E-state index >= 15 is 0 Å². The number of rotatable bonds is 1. The molecule has 6 heteroatoms. The number of phenolic OH excluding ortho intramolecular Hbond substituents is 1. The van der Waals surface area contributed by atoms with Gasteiger partial charge in [-0.3, -0.25) is 0 Å². The van der Waals surface area contributed by atoms with Crippen LogP contribution in [0.4, 0.5) is 0 Å². The molecule has 0 radical (unpaired) electrons. The number of aryl methyl sites for hydroxylation is 1. The fourth-order valence-electron chi connectivity index (χ4n) is 3.07. The highest BCUT2D eigenvalue weighted by Gasteiger charge is 2.18. The van der Waals surface area contributed by atoms with E-state index in [1.54, 1.807) is 16.1 Å². The number of hydrogen-bond donors (Lipinski definition) is 1. The van der Waals surface area contributed by atoms with Crippen molar-refractivity contribution >= 4 is 32.6 Å². The van der Waals surface area contributed by atoms with E-state index in [4.69, 9.17) is 0 Å². The molecule has 0 aliphatic carbocycles. The molecule has 2 heterocycles. The van der Waals surface area contributed by atoms with Crippen molar-refractivity contribution in [3.63, 3.8) is 0 Å². The first-order valence-electron chi connectivity index (χ1n) is 7.80. The van der Waals surface area contributed by atoms with E-state index in [-0.39, 0.29) is 5.75 Å². The molecule has 0 bridgehead atoms. The molecular formula is C18H18N4OS. The maximum Gasteiger partial charge on any atom is 0.146 e. The summed E-state index contributed by atoms with van der Waals surface area (Å²) < 4.78 is 1.10. The Morgan fingerprint density at radius 2 is 1.46 bits per heavy atom. The molecule has 24 heavy (non-hydrogen) atoms. The van der Waals surface area contributed by atoms with E-state index in [0.29, 0.717) is 5.69 Å². The summed E-state index contributed by atoms with van der Waals surface area (Å²) in [7, 11) is 0. The number of phenols is 1. The van der Waals surface area contributed by atoms with Gasteiger partial charge >= 0.3 is 0 Å². The first kappa shape index (κ1) is 15.1. The standard InChI is InChI=1S/C18H18N4OS/c1-8-9(2)11(4)18(23)17(10(8)3)22-20-13-6-15-16(7-14(13)21-22)24-12(5)19-15/h6-7,23H,1-5H3. The second-order valence-electron chi connectivity index (χ2n) is 6.23. The molecule has 5 nitrogen and oxygen atoms in total. The summed E-state index contributed by atoms with van der Waals surface area (Å²) in [6.45, 7) is 10.00. The van der Waals surface area contributed by atoms with Gasteiger partial charge in [0.15, 0.2) is 0 Å². The molecule has 0 fully saturated rings. The van der Waals surface area contributed by atoms with Crippen molar-refractivity contribution in [1.82, 2.24) is 20.0 Å². The van der Waals surface area contributed by atoms with Crippen molar-refractivity contribution in [2.45, 2.75) is 34.6 Å². The van der Waals surface area contributed by atoms with Gasteiger partial charge in [-0.2, -0.15) is 0 Å². The van der Waals surface area contributed by atoms with Gasteiger partial charge in [0.2, 0.25) is 0 Å². The number of fused-ring (bicyclic) bond motifs is 2. The SMILES string of the molecule is Cc1nc2cc3nn(-c4c(C)c(C)c(C)c(C)c4O)nc3cc2s1. The van der Waals surface area contributed by atoms with Gasteiger partial charge in [-0.15, -0.1) is 26.3 Å². The van der Waals surface area contributed by atoms with E-state index < -0.39 is 0 Å². The summed E-state index contributed by atoms with van der Waals surface area (Å²) in [6, 6.07) is 3.97. The molecule has 4 aromatic rings. The Labute approximate surface area is 143 Å². The van der Waals surface area contributed by atoms with Gasteiger partial charge in [0, 0.05) is 0 Å². The minimum atomic E-state index is 0.242. The van der Waals surface area contributed by atoms with E-state index in [2.05, 4.69) is 22.1 Å². The lowest BCUT2D eigenvalue weighted by Gasteiger charge is -2.15. The molecule has 0 spiro atoms. The molecule has 0 amide bonds.